The lowest BCUT2D eigenvalue weighted by molar-refractivity contribution is -0.113. The summed E-state index contributed by atoms with van der Waals surface area (Å²) in [5.74, 6) is -0.0907. The van der Waals surface area contributed by atoms with E-state index in [4.69, 9.17) is 0 Å². The number of piperidine rings is 1. The van der Waals surface area contributed by atoms with Crippen LogP contribution in [0, 0.1) is 0 Å². The van der Waals surface area contributed by atoms with Crippen molar-refractivity contribution in [2.75, 3.05) is 24.2 Å². The Bertz CT molecular complexity index is 817. The van der Waals surface area contributed by atoms with E-state index in [1.807, 2.05) is 0 Å². The summed E-state index contributed by atoms with van der Waals surface area (Å²) in [4.78, 5) is 16.1. The van der Waals surface area contributed by atoms with Crippen LogP contribution in [0.15, 0.2) is 40.6 Å². The van der Waals surface area contributed by atoms with Crippen LogP contribution in [0.3, 0.4) is 0 Å². The van der Waals surface area contributed by atoms with Gasteiger partial charge in [-0.3, -0.25) is 9.89 Å². The van der Waals surface area contributed by atoms with E-state index < -0.39 is 10.0 Å². The van der Waals surface area contributed by atoms with Crippen LogP contribution in [0.5, 0.6) is 0 Å². The number of carbonyl (C=O) groups excluding carboxylic acids is 1. The van der Waals surface area contributed by atoms with Gasteiger partial charge in [0.2, 0.25) is 15.9 Å². The Kier molecular flexibility index (Phi) is 5.71. The van der Waals surface area contributed by atoms with Gasteiger partial charge in [0.15, 0.2) is 5.16 Å². The molecule has 0 spiro atoms. The number of H-pyrrole nitrogens is 1. The van der Waals surface area contributed by atoms with Gasteiger partial charge in [-0.25, -0.2) is 13.4 Å². The topological polar surface area (TPSA) is 108 Å². The number of thioether (sulfide) groups is 1. The lowest BCUT2D eigenvalue weighted by atomic mass is 10.2. The van der Waals surface area contributed by atoms with Gasteiger partial charge in [0, 0.05) is 18.8 Å². The van der Waals surface area contributed by atoms with Crippen molar-refractivity contribution in [3.05, 3.63) is 30.6 Å². The highest BCUT2D eigenvalue weighted by Crippen LogP contribution is 2.23. The molecule has 2 aromatic rings. The molecule has 10 heteroatoms. The second-order valence-electron chi connectivity index (χ2n) is 5.62. The first kappa shape index (κ1) is 17.9. The Labute approximate surface area is 150 Å². The molecule has 1 aliphatic heterocycles. The van der Waals surface area contributed by atoms with Crippen LogP contribution in [0.2, 0.25) is 0 Å². The van der Waals surface area contributed by atoms with Crippen molar-refractivity contribution in [2.24, 2.45) is 0 Å². The minimum atomic E-state index is -3.51. The van der Waals surface area contributed by atoms with Crippen molar-refractivity contribution < 1.29 is 13.2 Å². The van der Waals surface area contributed by atoms with Crippen molar-refractivity contribution in [3.63, 3.8) is 0 Å². The maximum Gasteiger partial charge on any atom is 0.243 e. The molecule has 0 saturated carbocycles. The molecule has 0 unspecified atom stereocenters. The number of nitrogens with one attached hydrogen (secondary N) is 2. The predicted octanol–water partition coefficient (Wildman–Crippen LogP) is 1.71. The molecule has 1 amide bonds. The van der Waals surface area contributed by atoms with Crippen LogP contribution >= 0.6 is 11.8 Å². The molecule has 3 rings (SSSR count). The van der Waals surface area contributed by atoms with Crippen molar-refractivity contribution in [1.82, 2.24) is 19.5 Å². The zero-order valence-electron chi connectivity index (χ0n) is 13.5. The molecule has 0 atom stereocenters. The van der Waals surface area contributed by atoms with Crippen LogP contribution in [0.4, 0.5) is 5.69 Å². The standard InChI is InChI=1S/C15H19N5O3S2/c21-14(10-24-15-16-11-17-19-15)18-12-5-4-6-13(9-12)25(22,23)20-7-2-1-3-8-20/h4-6,9,11H,1-3,7-8,10H2,(H,18,21)(H,16,17,19). The third-order valence-corrected chi connectivity index (χ3v) is 6.57. The molecule has 1 fully saturated rings. The third-order valence-electron chi connectivity index (χ3n) is 3.80. The fourth-order valence-corrected chi connectivity index (χ4v) is 4.73. The highest BCUT2D eigenvalue weighted by molar-refractivity contribution is 7.99. The number of hydrogen-bond acceptors (Lipinski definition) is 6. The van der Waals surface area contributed by atoms with Gasteiger partial charge in [0.05, 0.1) is 10.6 Å². The van der Waals surface area contributed by atoms with E-state index in [2.05, 4.69) is 20.5 Å². The molecule has 1 aromatic carbocycles. The SMILES string of the molecule is O=C(CSc1ncn[nH]1)Nc1cccc(S(=O)(=O)N2CCCCC2)c1. The molecule has 8 nitrogen and oxygen atoms in total. The maximum absolute atomic E-state index is 12.7. The van der Waals surface area contributed by atoms with Crippen LogP contribution in [-0.2, 0) is 14.8 Å². The molecule has 1 aliphatic rings. The number of rotatable bonds is 6. The smallest absolute Gasteiger partial charge is 0.243 e. The molecule has 134 valence electrons. The Balaban J connectivity index is 1.65. The molecule has 2 heterocycles. The van der Waals surface area contributed by atoms with Crippen molar-refractivity contribution in [3.8, 4) is 0 Å². The lowest BCUT2D eigenvalue weighted by Crippen LogP contribution is -2.35. The van der Waals surface area contributed by atoms with E-state index in [-0.39, 0.29) is 16.6 Å². The minimum absolute atomic E-state index is 0.151. The van der Waals surface area contributed by atoms with Gasteiger partial charge >= 0.3 is 0 Å². The number of nitrogens with zero attached hydrogens (tertiary/aromatic N) is 3. The molecular formula is C15H19N5O3S2. The average molecular weight is 381 g/mol. The zero-order valence-corrected chi connectivity index (χ0v) is 15.1. The summed E-state index contributed by atoms with van der Waals surface area (Å²) in [5, 5.41) is 9.63. The number of sulfonamides is 1. The van der Waals surface area contributed by atoms with Crippen LogP contribution in [0.25, 0.3) is 0 Å². The Morgan fingerprint density at radius 1 is 1.28 bits per heavy atom. The van der Waals surface area contributed by atoms with E-state index >= 15 is 0 Å². The van der Waals surface area contributed by atoms with Crippen molar-refractivity contribution in [1.29, 1.82) is 0 Å². The molecule has 0 radical (unpaired) electrons. The monoisotopic (exact) mass is 381 g/mol. The number of aromatic amines is 1. The van der Waals surface area contributed by atoms with E-state index in [9.17, 15) is 13.2 Å². The number of amides is 1. The molecule has 0 bridgehead atoms. The normalized spacial score (nSPS) is 15.8. The zero-order chi connectivity index (χ0) is 17.7. The summed E-state index contributed by atoms with van der Waals surface area (Å²) < 4.78 is 26.9. The third kappa shape index (κ3) is 4.59. The summed E-state index contributed by atoms with van der Waals surface area (Å²) in [6, 6.07) is 6.37. The summed E-state index contributed by atoms with van der Waals surface area (Å²) in [6.45, 7) is 1.10. The highest BCUT2D eigenvalue weighted by Gasteiger charge is 2.26. The average Bonchev–Trinajstić information content (AvgIpc) is 3.14. The summed E-state index contributed by atoms with van der Waals surface area (Å²) in [5.41, 5.74) is 0.459. The first-order valence-electron chi connectivity index (χ1n) is 7.94. The minimum Gasteiger partial charge on any atom is -0.325 e. The molecule has 0 aliphatic carbocycles. The van der Waals surface area contributed by atoms with Gasteiger partial charge in [-0.05, 0) is 31.0 Å². The Morgan fingerprint density at radius 2 is 2.08 bits per heavy atom. The number of hydrogen-bond donors (Lipinski definition) is 2. The fraction of sp³-hybridized carbons (Fsp3) is 0.400. The van der Waals surface area contributed by atoms with Crippen LogP contribution < -0.4 is 5.32 Å². The number of benzene rings is 1. The first-order chi connectivity index (χ1) is 12.1. The van der Waals surface area contributed by atoms with Crippen molar-refractivity contribution in [2.45, 2.75) is 29.3 Å². The highest BCUT2D eigenvalue weighted by atomic mass is 32.2. The van der Waals surface area contributed by atoms with E-state index in [0.717, 1.165) is 19.3 Å². The largest absolute Gasteiger partial charge is 0.325 e. The van der Waals surface area contributed by atoms with Gasteiger partial charge < -0.3 is 5.32 Å². The Morgan fingerprint density at radius 3 is 2.80 bits per heavy atom. The number of carbonyl (C=O) groups is 1. The molecule has 1 aromatic heterocycles. The molecular weight excluding hydrogens is 362 g/mol. The second-order valence-corrected chi connectivity index (χ2v) is 8.52. The quantitative estimate of drug-likeness (QED) is 0.738. The van der Waals surface area contributed by atoms with E-state index in [0.29, 0.717) is 23.9 Å². The van der Waals surface area contributed by atoms with Crippen molar-refractivity contribution >= 4 is 33.4 Å². The second kappa shape index (κ2) is 7.98. The fourth-order valence-electron chi connectivity index (χ4n) is 2.58. The molecule has 1 saturated heterocycles. The van der Waals surface area contributed by atoms with Gasteiger partial charge in [-0.2, -0.15) is 9.40 Å². The van der Waals surface area contributed by atoms with Gasteiger partial charge in [0.1, 0.15) is 6.33 Å². The van der Waals surface area contributed by atoms with E-state index in [1.165, 1.54) is 28.5 Å². The number of anilines is 1. The Hall–Kier alpha value is -1.91. The predicted molar refractivity (Wildman–Crippen MR) is 94.8 cm³/mol. The first-order valence-corrected chi connectivity index (χ1v) is 10.4. The van der Waals surface area contributed by atoms with Crippen LogP contribution in [0.1, 0.15) is 19.3 Å². The lowest BCUT2D eigenvalue weighted by Gasteiger charge is -2.26. The number of aromatic nitrogens is 3. The van der Waals surface area contributed by atoms with Gasteiger partial charge in [-0.1, -0.05) is 24.2 Å². The summed E-state index contributed by atoms with van der Waals surface area (Å²) >= 11 is 1.22. The summed E-state index contributed by atoms with van der Waals surface area (Å²) in [6.07, 6.45) is 4.20. The van der Waals surface area contributed by atoms with Gasteiger partial charge in [-0.15, -0.1) is 0 Å². The van der Waals surface area contributed by atoms with Crippen LogP contribution in [-0.4, -0.2) is 52.7 Å². The maximum atomic E-state index is 12.7. The van der Waals surface area contributed by atoms with Gasteiger partial charge in [0.25, 0.3) is 0 Å². The molecule has 2 N–H and O–H groups in total. The summed E-state index contributed by atoms with van der Waals surface area (Å²) in [7, 11) is -3.51. The molecule has 25 heavy (non-hydrogen) atoms. The van der Waals surface area contributed by atoms with E-state index in [1.54, 1.807) is 18.2 Å².